The minimum Gasteiger partial charge on any atom is -0.368 e. The largest absolute Gasteiger partial charge is 0.368 e. The van der Waals surface area contributed by atoms with Gasteiger partial charge in [-0.2, -0.15) is 0 Å². The number of aryl methyl sites for hydroxylation is 1. The van der Waals surface area contributed by atoms with Crippen LogP contribution in [0.3, 0.4) is 0 Å². The Balaban J connectivity index is 1.94. The lowest BCUT2D eigenvalue weighted by atomic mass is 10.1. The lowest BCUT2D eigenvalue weighted by molar-refractivity contribution is -0.127. The zero-order chi connectivity index (χ0) is 15.9. The van der Waals surface area contributed by atoms with E-state index in [1.807, 2.05) is 18.2 Å². The van der Waals surface area contributed by atoms with Crippen LogP contribution in [0.4, 0.5) is 0 Å². The van der Waals surface area contributed by atoms with Crippen molar-refractivity contribution in [2.24, 2.45) is 5.73 Å². The average molecular weight is 317 g/mol. The van der Waals surface area contributed by atoms with E-state index < -0.39 is 11.9 Å². The molecular formula is C17H17ClN2O2. The van der Waals surface area contributed by atoms with E-state index in [4.69, 9.17) is 17.3 Å². The second-order valence-electron chi connectivity index (χ2n) is 4.94. The number of carbonyl (C=O) groups excluding carboxylic acids is 2. The Kier molecular flexibility index (Phi) is 5.55. The molecule has 0 saturated heterocycles. The van der Waals surface area contributed by atoms with Crippen LogP contribution in [-0.2, 0) is 16.0 Å². The number of amides is 2. The number of rotatable bonds is 6. The van der Waals surface area contributed by atoms with E-state index in [1.165, 1.54) is 0 Å². The van der Waals surface area contributed by atoms with Crippen LogP contribution in [-0.4, -0.2) is 11.8 Å². The van der Waals surface area contributed by atoms with Gasteiger partial charge in [0.1, 0.15) is 6.04 Å². The second-order valence-corrected chi connectivity index (χ2v) is 5.38. The molecule has 0 radical (unpaired) electrons. The third-order valence-corrected chi connectivity index (χ3v) is 3.53. The molecule has 2 amide bonds. The normalized spacial score (nSPS) is 11.7. The Bertz CT molecular complexity index is 641. The Morgan fingerprint density at radius 1 is 1.05 bits per heavy atom. The summed E-state index contributed by atoms with van der Waals surface area (Å²) in [6.07, 6.45) is 0.849. The molecule has 0 aliphatic heterocycles. The van der Waals surface area contributed by atoms with Crippen LogP contribution in [0.1, 0.15) is 23.6 Å². The van der Waals surface area contributed by atoms with Crippen molar-refractivity contribution in [1.82, 2.24) is 5.32 Å². The number of hydrogen-bond donors (Lipinski definition) is 2. The highest BCUT2D eigenvalue weighted by Crippen LogP contribution is 2.13. The van der Waals surface area contributed by atoms with Crippen LogP contribution in [0.25, 0.3) is 0 Å². The summed E-state index contributed by atoms with van der Waals surface area (Å²) < 4.78 is 0. The molecule has 22 heavy (non-hydrogen) atoms. The summed E-state index contributed by atoms with van der Waals surface area (Å²) in [5.41, 5.74) is 7.06. The first kappa shape index (κ1) is 16.0. The maximum absolute atomic E-state index is 12.0. The maximum atomic E-state index is 12.0. The first-order valence-corrected chi connectivity index (χ1v) is 7.32. The monoisotopic (exact) mass is 316 g/mol. The van der Waals surface area contributed by atoms with Crippen LogP contribution in [0.2, 0.25) is 5.02 Å². The van der Waals surface area contributed by atoms with E-state index in [2.05, 4.69) is 5.32 Å². The van der Waals surface area contributed by atoms with Gasteiger partial charge < -0.3 is 11.1 Å². The number of nitrogens with two attached hydrogens (primary N) is 1. The van der Waals surface area contributed by atoms with E-state index in [9.17, 15) is 9.59 Å². The molecule has 0 aliphatic carbocycles. The molecule has 114 valence electrons. The Labute approximate surface area is 134 Å². The molecule has 0 aromatic heterocycles. The minimum absolute atomic E-state index is 0.220. The summed E-state index contributed by atoms with van der Waals surface area (Å²) in [6.45, 7) is 0. The average Bonchev–Trinajstić information content (AvgIpc) is 2.52. The van der Waals surface area contributed by atoms with Gasteiger partial charge in [0.15, 0.2) is 0 Å². The molecule has 2 aromatic rings. The Morgan fingerprint density at radius 3 is 2.27 bits per heavy atom. The highest BCUT2D eigenvalue weighted by molar-refractivity contribution is 6.30. The molecular weight excluding hydrogens is 300 g/mol. The van der Waals surface area contributed by atoms with Gasteiger partial charge in [-0.15, -0.1) is 0 Å². The summed E-state index contributed by atoms with van der Waals surface area (Å²) in [7, 11) is 0. The third-order valence-electron chi connectivity index (χ3n) is 3.28. The van der Waals surface area contributed by atoms with Crippen molar-refractivity contribution in [2.75, 3.05) is 0 Å². The second kappa shape index (κ2) is 7.61. The van der Waals surface area contributed by atoms with E-state index in [0.717, 1.165) is 5.56 Å². The summed E-state index contributed by atoms with van der Waals surface area (Å²) >= 11 is 5.82. The first-order valence-electron chi connectivity index (χ1n) is 6.94. The van der Waals surface area contributed by atoms with Crippen molar-refractivity contribution >= 4 is 23.4 Å². The number of nitrogens with one attached hydrogen (secondary N) is 1. The third kappa shape index (κ3) is 4.60. The van der Waals surface area contributed by atoms with Crippen molar-refractivity contribution in [3.05, 3.63) is 70.7 Å². The minimum atomic E-state index is -0.807. The van der Waals surface area contributed by atoms with Gasteiger partial charge in [-0.05, 0) is 29.7 Å². The molecule has 0 fully saturated rings. The smallest absolute Gasteiger partial charge is 0.244 e. The molecule has 0 aliphatic rings. The van der Waals surface area contributed by atoms with Gasteiger partial charge in [0.2, 0.25) is 11.8 Å². The molecule has 0 bridgehead atoms. The molecule has 1 atom stereocenters. The summed E-state index contributed by atoms with van der Waals surface area (Å²) in [5.74, 6) is -0.798. The molecule has 0 heterocycles. The fraction of sp³-hybridized carbons (Fsp3) is 0.176. The molecule has 1 unspecified atom stereocenters. The highest BCUT2D eigenvalue weighted by Gasteiger charge is 2.19. The van der Waals surface area contributed by atoms with Crippen LogP contribution < -0.4 is 11.1 Å². The zero-order valence-electron chi connectivity index (χ0n) is 12.0. The zero-order valence-corrected chi connectivity index (χ0v) is 12.7. The lowest BCUT2D eigenvalue weighted by Gasteiger charge is -2.15. The topological polar surface area (TPSA) is 72.2 Å². The molecule has 5 heteroatoms. The number of benzene rings is 2. The van der Waals surface area contributed by atoms with Gasteiger partial charge >= 0.3 is 0 Å². The predicted molar refractivity (Wildman–Crippen MR) is 86.3 cm³/mol. The van der Waals surface area contributed by atoms with Crippen LogP contribution in [0, 0.1) is 0 Å². The van der Waals surface area contributed by atoms with E-state index in [-0.39, 0.29) is 12.3 Å². The highest BCUT2D eigenvalue weighted by atomic mass is 35.5. The van der Waals surface area contributed by atoms with Crippen LogP contribution >= 0.6 is 11.6 Å². The molecule has 3 N–H and O–H groups in total. The van der Waals surface area contributed by atoms with Crippen molar-refractivity contribution < 1.29 is 9.59 Å². The summed E-state index contributed by atoms with van der Waals surface area (Å²) in [5, 5.41) is 3.33. The van der Waals surface area contributed by atoms with Crippen molar-refractivity contribution in [1.29, 1.82) is 0 Å². The summed E-state index contributed by atoms with van der Waals surface area (Å²) in [4.78, 5) is 23.6. The SMILES string of the molecule is NC(=O)C(NC(=O)CCc1ccc(Cl)cc1)c1ccccc1. The summed E-state index contributed by atoms with van der Waals surface area (Å²) in [6, 6.07) is 15.5. The van der Waals surface area contributed by atoms with Gasteiger partial charge in [-0.3, -0.25) is 9.59 Å². The van der Waals surface area contributed by atoms with Crippen LogP contribution in [0.15, 0.2) is 54.6 Å². The van der Waals surface area contributed by atoms with Gasteiger partial charge in [0, 0.05) is 11.4 Å². The van der Waals surface area contributed by atoms with Gasteiger partial charge in [0.05, 0.1) is 0 Å². The molecule has 4 nitrogen and oxygen atoms in total. The molecule has 0 spiro atoms. The Hall–Kier alpha value is -2.33. The Morgan fingerprint density at radius 2 is 1.68 bits per heavy atom. The van der Waals surface area contributed by atoms with Crippen molar-refractivity contribution in [3.8, 4) is 0 Å². The number of hydrogen-bond acceptors (Lipinski definition) is 2. The fourth-order valence-corrected chi connectivity index (χ4v) is 2.23. The molecule has 2 aromatic carbocycles. The van der Waals surface area contributed by atoms with Crippen molar-refractivity contribution in [2.45, 2.75) is 18.9 Å². The first-order chi connectivity index (χ1) is 10.6. The standard InChI is InChI=1S/C17H17ClN2O2/c18-14-9-6-12(7-10-14)8-11-15(21)20-16(17(19)22)13-4-2-1-3-5-13/h1-7,9-10,16H,8,11H2,(H2,19,22)(H,20,21). The quantitative estimate of drug-likeness (QED) is 0.860. The number of halogens is 1. The van der Waals surface area contributed by atoms with Gasteiger partial charge in [0.25, 0.3) is 0 Å². The predicted octanol–water partition coefficient (Wildman–Crippen LogP) is 2.62. The van der Waals surface area contributed by atoms with Gasteiger partial charge in [-0.1, -0.05) is 54.1 Å². The van der Waals surface area contributed by atoms with E-state index in [0.29, 0.717) is 17.0 Å². The molecule has 0 saturated carbocycles. The van der Waals surface area contributed by atoms with Gasteiger partial charge in [-0.25, -0.2) is 0 Å². The molecule has 2 rings (SSSR count). The number of carbonyl (C=O) groups is 2. The van der Waals surface area contributed by atoms with Crippen LogP contribution in [0.5, 0.6) is 0 Å². The number of primary amides is 1. The fourth-order valence-electron chi connectivity index (χ4n) is 2.11. The van der Waals surface area contributed by atoms with E-state index >= 15 is 0 Å². The van der Waals surface area contributed by atoms with Crippen molar-refractivity contribution in [3.63, 3.8) is 0 Å². The maximum Gasteiger partial charge on any atom is 0.244 e. The lowest BCUT2D eigenvalue weighted by Crippen LogP contribution is -2.37. The van der Waals surface area contributed by atoms with E-state index in [1.54, 1.807) is 36.4 Å².